The van der Waals surface area contributed by atoms with E-state index in [4.69, 9.17) is 4.74 Å². The first-order valence-corrected chi connectivity index (χ1v) is 8.33. The number of benzene rings is 1. The highest BCUT2D eigenvalue weighted by atomic mass is 16.5. The summed E-state index contributed by atoms with van der Waals surface area (Å²) in [6, 6.07) is 10.8. The van der Waals surface area contributed by atoms with E-state index in [9.17, 15) is 0 Å². The molecule has 21 heavy (non-hydrogen) atoms. The van der Waals surface area contributed by atoms with Crippen molar-refractivity contribution in [3.63, 3.8) is 0 Å². The lowest BCUT2D eigenvalue weighted by atomic mass is 9.79. The number of hydrogen-bond acceptors (Lipinski definition) is 3. The van der Waals surface area contributed by atoms with Crippen LogP contribution in [0, 0.1) is 5.41 Å². The topological polar surface area (TPSA) is 24.5 Å². The molecule has 1 aromatic rings. The van der Waals surface area contributed by atoms with Gasteiger partial charge >= 0.3 is 0 Å². The van der Waals surface area contributed by atoms with Crippen LogP contribution in [-0.2, 0) is 11.3 Å². The van der Waals surface area contributed by atoms with Gasteiger partial charge in [-0.1, -0.05) is 44.2 Å². The Morgan fingerprint density at radius 3 is 2.48 bits per heavy atom. The summed E-state index contributed by atoms with van der Waals surface area (Å²) in [6.45, 7) is 11.7. The molecule has 1 N–H and O–H groups in total. The van der Waals surface area contributed by atoms with Gasteiger partial charge in [0, 0.05) is 32.8 Å². The molecule has 0 amide bonds. The second-order valence-corrected chi connectivity index (χ2v) is 6.18. The molecule has 0 atom stereocenters. The van der Waals surface area contributed by atoms with Gasteiger partial charge in [-0.3, -0.25) is 4.90 Å². The average Bonchev–Trinajstić information content (AvgIpc) is 2.54. The molecule has 1 aliphatic heterocycles. The van der Waals surface area contributed by atoms with Crippen molar-refractivity contribution in [2.45, 2.75) is 33.2 Å². The number of ether oxygens (including phenoxy) is 1. The van der Waals surface area contributed by atoms with Crippen LogP contribution in [0.4, 0.5) is 0 Å². The normalized spacial score (nSPS) is 18.0. The summed E-state index contributed by atoms with van der Waals surface area (Å²) in [4.78, 5) is 2.58. The smallest absolute Gasteiger partial charge is 0.0472 e. The maximum atomic E-state index is 5.59. The molecule has 118 valence electrons. The maximum Gasteiger partial charge on any atom is 0.0472 e. The Labute approximate surface area is 129 Å². The van der Waals surface area contributed by atoms with Gasteiger partial charge in [0.2, 0.25) is 0 Å². The van der Waals surface area contributed by atoms with Gasteiger partial charge < -0.3 is 10.1 Å². The van der Waals surface area contributed by atoms with E-state index in [1.807, 2.05) is 0 Å². The van der Waals surface area contributed by atoms with E-state index in [0.29, 0.717) is 5.41 Å². The van der Waals surface area contributed by atoms with Gasteiger partial charge in [0.15, 0.2) is 0 Å². The van der Waals surface area contributed by atoms with Crippen molar-refractivity contribution >= 4 is 0 Å². The van der Waals surface area contributed by atoms with E-state index in [1.165, 1.54) is 18.4 Å². The van der Waals surface area contributed by atoms with Gasteiger partial charge in [0.05, 0.1) is 0 Å². The molecule has 3 nitrogen and oxygen atoms in total. The third-order valence-corrected chi connectivity index (χ3v) is 4.56. The highest BCUT2D eigenvalue weighted by Gasteiger charge is 2.33. The Morgan fingerprint density at radius 2 is 1.86 bits per heavy atom. The van der Waals surface area contributed by atoms with Crippen LogP contribution in [0.5, 0.6) is 0 Å². The molecule has 0 aromatic heterocycles. The Morgan fingerprint density at radius 1 is 1.14 bits per heavy atom. The molecular weight excluding hydrogens is 260 g/mol. The minimum absolute atomic E-state index is 0.374. The van der Waals surface area contributed by atoms with E-state index < -0.39 is 0 Å². The summed E-state index contributed by atoms with van der Waals surface area (Å²) in [6.07, 6.45) is 2.34. The van der Waals surface area contributed by atoms with Crippen LogP contribution in [0.2, 0.25) is 0 Å². The van der Waals surface area contributed by atoms with Crippen LogP contribution < -0.4 is 5.32 Å². The Balaban J connectivity index is 1.99. The Kier molecular flexibility index (Phi) is 6.68. The van der Waals surface area contributed by atoms with Crippen LogP contribution in [0.25, 0.3) is 0 Å². The largest absolute Gasteiger partial charge is 0.381 e. The van der Waals surface area contributed by atoms with Crippen molar-refractivity contribution in [3.05, 3.63) is 35.9 Å². The van der Waals surface area contributed by atoms with Crippen molar-refractivity contribution in [1.82, 2.24) is 10.2 Å². The van der Waals surface area contributed by atoms with Crippen molar-refractivity contribution < 1.29 is 4.74 Å². The second-order valence-electron chi connectivity index (χ2n) is 6.18. The lowest BCUT2D eigenvalue weighted by Gasteiger charge is -2.41. The third kappa shape index (κ3) is 5.10. The van der Waals surface area contributed by atoms with E-state index in [1.54, 1.807) is 0 Å². The van der Waals surface area contributed by atoms with Crippen LogP contribution in [0.1, 0.15) is 32.3 Å². The van der Waals surface area contributed by atoms with Crippen LogP contribution in [0.15, 0.2) is 30.3 Å². The fraction of sp³-hybridized carbons (Fsp3) is 0.667. The van der Waals surface area contributed by atoms with Gasteiger partial charge in [0.25, 0.3) is 0 Å². The van der Waals surface area contributed by atoms with Crippen LogP contribution >= 0.6 is 0 Å². The lowest BCUT2D eigenvalue weighted by molar-refractivity contribution is -0.00471. The zero-order chi connectivity index (χ0) is 15.0. The molecule has 0 saturated carbocycles. The fourth-order valence-electron chi connectivity index (χ4n) is 3.18. The third-order valence-electron chi connectivity index (χ3n) is 4.56. The first-order chi connectivity index (χ1) is 10.3. The van der Waals surface area contributed by atoms with E-state index in [2.05, 4.69) is 54.4 Å². The van der Waals surface area contributed by atoms with E-state index >= 15 is 0 Å². The maximum absolute atomic E-state index is 5.59. The SMILES string of the molecule is CCNCC1(CN(CC)Cc2ccccc2)CCOCC1. The van der Waals surface area contributed by atoms with Crippen molar-refractivity contribution in [3.8, 4) is 0 Å². The summed E-state index contributed by atoms with van der Waals surface area (Å²) in [5, 5.41) is 3.57. The highest BCUT2D eigenvalue weighted by Crippen LogP contribution is 2.31. The van der Waals surface area contributed by atoms with E-state index in [-0.39, 0.29) is 0 Å². The number of hydrogen-bond donors (Lipinski definition) is 1. The Hall–Kier alpha value is -0.900. The van der Waals surface area contributed by atoms with Gasteiger partial charge in [-0.2, -0.15) is 0 Å². The first kappa shape index (κ1) is 16.5. The zero-order valence-corrected chi connectivity index (χ0v) is 13.6. The molecule has 1 aliphatic rings. The second kappa shape index (κ2) is 8.52. The quantitative estimate of drug-likeness (QED) is 0.797. The number of nitrogens with zero attached hydrogens (tertiary/aromatic N) is 1. The number of rotatable bonds is 8. The molecule has 2 rings (SSSR count). The summed E-state index contributed by atoms with van der Waals surface area (Å²) in [5.74, 6) is 0. The number of nitrogens with one attached hydrogen (secondary N) is 1. The van der Waals surface area contributed by atoms with Gasteiger partial charge in [-0.05, 0) is 36.9 Å². The van der Waals surface area contributed by atoms with Crippen LogP contribution in [-0.4, -0.2) is 44.3 Å². The highest BCUT2D eigenvalue weighted by molar-refractivity contribution is 5.14. The van der Waals surface area contributed by atoms with Crippen LogP contribution in [0.3, 0.4) is 0 Å². The Bertz CT molecular complexity index is 387. The minimum Gasteiger partial charge on any atom is -0.381 e. The monoisotopic (exact) mass is 290 g/mol. The van der Waals surface area contributed by atoms with Crippen molar-refractivity contribution in [2.24, 2.45) is 5.41 Å². The van der Waals surface area contributed by atoms with E-state index in [0.717, 1.165) is 45.9 Å². The molecule has 1 saturated heterocycles. The summed E-state index contributed by atoms with van der Waals surface area (Å²) >= 11 is 0. The van der Waals surface area contributed by atoms with Crippen molar-refractivity contribution in [1.29, 1.82) is 0 Å². The molecular formula is C18H30N2O. The standard InChI is InChI=1S/C18H30N2O/c1-3-19-15-18(10-12-21-13-11-18)16-20(4-2)14-17-8-6-5-7-9-17/h5-9,19H,3-4,10-16H2,1-2H3. The zero-order valence-electron chi connectivity index (χ0n) is 13.6. The summed E-state index contributed by atoms with van der Waals surface area (Å²) in [7, 11) is 0. The van der Waals surface area contributed by atoms with Gasteiger partial charge in [-0.25, -0.2) is 0 Å². The fourth-order valence-corrected chi connectivity index (χ4v) is 3.18. The molecule has 0 radical (unpaired) electrons. The molecule has 3 heteroatoms. The van der Waals surface area contributed by atoms with Gasteiger partial charge in [0.1, 0.15) is 0 Å². The molecule has 0 aliphatic carbocycles. The molecule has 1 heterocycles. The summed E-state index contributed by atoms with van der Waals surface area (Å²) in [5.41, 5.74) is 1.78. The average molecular weight is 290 g/mol. The van der Waals surface area contributed by atoms with Gasteiger partial charge in [-0.15, -0.1) is 0 Å². The lowest BCUT2D eigenvalue weighted by Crippen LogP contribution is -2.47. The predicted molar refractivity (Wildman–Crippen MR) is 88.4 cm³/mol. The van der Waals surface area contributed by atoms with Crippen molar-refractivity contribution in [2.75, 3.05) is 39.4 Å². The molecule has 0 bridgehead atoms. The predicted octanol–water partition coefficient (Wildman–Crippen LogP) is 2.91. The molecule has 1 aromatic carbocycles. The molecule has 0 spiro atoms. The molecule has 1 fully saturated rings. The summed E-state index contributed by atoms with van der Waals surface area (Å²) < 4.78 is 5.59. The first-order valence-electron chi connectivity index (χ1n) is 8.33. The molecule has 0 unspecified atom stereocenters. The minimum atomic E-state index is 0.374.